The number of nitrogens with zero attached hydrogens (tertiary/aromatic N) is 2. The van der Waals surface area contributed by atoms with Gasteiger partial charge in [-0.05, 0) is 31.4 Å². The van der Waals surface area contributed by atoms with Crippen LogP contribution in [-0.4, -0.2) is 9.55 Å². The van der Waals surface area contributed by atoms with Crippen LogP contribution in [-0.2, 0) is 6.42 Å². The van der Waals surface area contributed by atoms with Crippen molar-refractivity contribution in [1.82, 2.24) is 9.55 Å². The molecule has 3 nitrogen and oxygen atoms in total. The van der Waals surface area contributed by atoms with Crippen molar-refractivity contribution in [2.45, 2.75) is 32.7 Å². The number of benzene rings is 1. The molecule has 0 spiro atoms. The van der Waals surface area contributed by atoms with E-state index in [1.807, 2.05) is 6.07 Å². The van der Waals surface area contributed by atoms with Crippen molar-refractivity contribution in [2.75, 3.05) is 5.73 Å². The molecule has 0 bridgehead atoms. The number of anilines is 1. The largest absolute Gasteiger partial charge is 0.383 e. The summed E-state index contributed by atoms with van der Waals surface area (Å²) in [6.07, 6.45) is 2.04. The van der Waals surface area contributed by atoms with Crippen LogP contribution < -0.4 is 5.73 Å². The molecule has 19 heavy (non-hydrogen) atoms. The van der Waals surface area contributed by atoms with E-state index in [9.17, 15) is 4.39 Å². The number of hydrogen-bond donors (Lipinski definition) is 1. The molecule has 0 saturated carbocycles. The molecule has 2 unspecified atom stereocenters. The Balaban J connectivity index is 2.12. The van der Waals surface area contributed by atoms with Crippen LogP contribution in [0.25, 0.3) is 11.3 Å². The second kappa shape index (κ2) is 4.37. The average molecular weight is 259 g/mol. The smallest absolute Gasteiger partial charge is 0.131 e. The van der Waals surface area contributed by atoms with Gasteiger partial charge in [0, 0.05) is 18.0 Å². The van der Waals surface area contributed by atoms with Crippen LogP contribution >= 0.6 is 0 Å². The maximum atomic E-state index is 13.3. The van der Waals surface area contributed by atoms with Gasteiger partial charge in [-0.15, -0.1) is 0 Å². The predicted molar refractivity (Wildman–Crippen MR) is 74.2 cm³/mol. The van der Waals surface area contributed by atoms with E-state index in [1.54, 1.807) is 6.07 Å². The maximum Gasteiger partial charge on any atom is 0.131 e. The van der Waals surface area contributed by atoms with Crippen molar-refractivity contribution in [3.63, 3.8) is 0 Å². The van der Waals surface area contributed by atoms with E-state index < -0.39 is 0 Å². The van der Waals surface area contributed by atoms with E-state index >= 15 is 0 Å². The summed E-state index contributed by atoms with van der Waals surface area (Å²) in [5.41, 5.74) is 7.67. The normalized spacial score (nSPS) is 22.3. The van der Waals surface area contributed by atoms with Gasteiger partial charge in [-0.3, -0.25) is 0 Å². The Morgan fingerprint density at radius 3 is 2.89 bits per heavy atom. The van der Waals surface area contributed by atoms with Crippen molar-refractivity contribution in [3.05, 3.63) is 35.9 Å². The van der Waals surface area contributed by atoms with Gasteiger partial charge in [0.25, 0.3) is 0 Å². The molecular formula is C15H18FN3. The van der Waals surface area contributed by atoms with Gasteiger partial charge < -0.3 is 10.3 Å². The molecule has 2 aromatic rings. The SMILES string of the molecule is CC1Cc2nc(-c3cccc(F)c3)c(N)n2C(C)C1. The standard InChI is InChI=1S/C15H18FN3/c1-9-6-10(2)19-13(7-9)18-14(15(19)17)11-4-3-5-12(16)8-11/h3-5,8-10H,6-7,17H2,1-2H3. The summed E-state index contributed by atoms with van der Waals surface area (Å²) in [7, 11) is 0. The number of rotatable bonds is 1. The highest BCUT2D eigenvalue weighted by molar-refractivity contribution is 5.71. The molecule has 2 N–H and O–H groups in total. The first-order valence-electron chi connectivity index (χ1n) is 6.68. The van der Waals surface area contributed by atoms with Gasteiger partial charge in [-0.1, -0.05) is 19.1 Å². The highest BCUT2D eigenvalue weighted by atomic mass is 19.1. The van der Waals surface area contributed by atoms with Gasteiger partial charge >= 0.3 is 0 Å². The van der Waals surface area contributed by atoms with Crippen LogP contribution in [0.5, 0.6) is 0 Å². The summed E-state index contributed by atoms with van der Waals surface area (Å²) in [6, 6.07) is 6.81. The topological polar surface area (TPSA) is 43.8 Å². The molecule has 3 rings (SSSR count). The lowest BCUT2D eigenvalue weighted by molar-refractivity contribution is 0.346. The third-order valence-corrected chi connectivity index (χ3v) is 3.83. The molecular weight excluding hydrogens is 241 g/mol. The molecule has 1 aliphatic rings. The maximum absolute atomic E-state index is 13.3. The van der Waals surface area contributed by atoms with Crippen molar-refractivity contribution in [3.8, 4) is 11.3 Å². The number of hydrogen-bond acceptors (Lipinski definition) is 2. The summed E-state index contributed by atoms with van der Waals surface area (Å²) < 4.78 is 15.4. The highest BCUT2D eigenvalue weighted by Crippen LogP contribution is 2.36. The Bertz CT molecular complexity index is 618. The molecule has 1 aliphatic heterocycles. The van der Waals surface area contributed by atoms with E-state index in [0.717, 1.165) is 24.2 Å². The Morgan fingerprint density at radius 2 is 2.16 bits per heavy atom. The zero-order valence-corrected chi connectivity index (χ0v) is 11.2. The van der Waals surface area contributed by atoms with E-state index in [1.165, 1.54) is 12.1 Å². The van der Waals surface area contributed by atoms with Gasteiger partial charge in [0.15, 0.2) is 0 Å². The number of nitrogen functional groups attached to an aromatic ring is 1. The van der Waals surface area contributed by atoms with Gasteiger partial charge in [0.05, 0.1) is 0 Å². The van der Waals surface area contributed by atoms with Crippen molar-refractivity contribution < 1.29 is 4.39 Å². The molecule has 100 valence electrons. The minimum absolute atomic E-state index is 0.260. The first-order chi connectivity index (χ1) is 9.06. The Hall–Kier alpha value is -1.84. The van der Waals surface area contributed by atoms with E-state index in [0.29, 0.717) is 23.5 Å². The average Bonchev–Trinajstić information content (AvgIpc) is 2.66. The van der Waals surface area contributed by atoms with E-state index in [-0.39, 0.29) is 5.82 Å². The number of imidazole rings is 1. The summed E-state index contributed by atoms with van der Waals surface area (Å²) >= 11 is 0. The fourth-order valence-electron chi connectivity index (χ4n) is 3.06. The second-order valence-corrected chi connectivity index (χ2v) is 5.54. The molecule has 1 aromatic heterocycles. The van der Waals surface area contributed by atoms with E-state index in [4.69, 9.17) is 5.73 Å². The summed E-state index contributed by atoms with van der Waals surface area (Å²) in [5, 5.41) is 0. The molecule has 0 amide bonds. The third-order valence-electron chi connectivity index (χ3n) is 3.83. The molecule has 0 radical (unpaired) electrons. The Kier molecular flexibility index (Phi) is 2.81. The zero-order valence-electron chi connectivity index (χ0n) is 11.2. The van der Waals surface area contributed by atoms with Crippen LogP contribution in [0.3, 0.4) is 0 Å². The molecule has 1 aromatic carbocycles. The minimum atomic E-state index is -0.260. The quantitative estimate of drug-likeness (QED) is 0.852. The van der Waals surface area contributed by atoms with Gasteiger partial charge in [-0.2, -0.15) is 0 Å². The first-order valence-corrected chi connectivity index (χ1v) is 6.68. The summed E-state index contributed by atoms with van der Waals surface area (Å²) in [6.45, 7) is 4.39. The zero-order chi connectivity index (χ0) is 13.6. The predicted octanol–water partition coefficient (Wildman–Crippen LogP) is 3.41. The van der Waals surface area contributed by atoms with Gasteiger partial charge in [0.1, 0.15) is 23.2 Å². The van der Waals surface area contributed by atoms with Crippen LogP contribution in [0, 0.1) is 11.7 Å². The number of fused-ring (bicyclic) bond motifs is 1. The lowest BCUT2D eigenvalue weighted by Crippen LogP contribution is -2.22. The summed E-state index contributed by atoms with van der Waals surface area (Å²) in [4.78, 5) is 4.63. The van der Waals surface area contributed by atoms with Crippen LogP contribution in [0.15, 0.2) is 24.3 Å². The summed E-state index contributed by atoms with van der Waals surface area (Å²) in [5.74, 6) is 2.02. The van der Waals surface area contributed by atoms with Crippen molar-refractivity contribution >= 4 is 5.82 Å². The first kappa shape index (κ1) is 12.2. The minimum Gasteiger partial charge on any atom is -0.383 e. The number of nitrogens with two attached hydrogens (primary N) is 1. The van der Waals surface area contributed by atoms with Crippen LogP contribution in [0.1, 0.15) is 32.1 Å². The molecule has 0 aliphatic carbocycles. The fourth-order valence-corrected chi connectivity index (χ4v) is 3.06. The third kappa shape index (κ3) is 2.01. The van der Waals surface area contributed by atoms with Crippen LogP contribution in [0.4, 0.5) is 10.2 Å². The van der Waals surface area contributed by atoms with Crippen molar-refractivity contribution in [1.29, 1.82) is 0 Å². The Labute approximate surface area is 112 Å². The van der Waals surface area contributed by atoms with Crippen molar-refractivity contribution in [2.24, 2.45) is 5.92 Å². The van der Waals surface area contributed by atoms with Crippen LogP contribution in [0.2, 0.25) is 0 Å². The number of halogens is 1. The Morgan fingerprint density at radius 1 is 1.37 bits per heavy atom. The lowest BCUT2D eigenvalue weighted by atomic mass is 9.95. The molecule has 0 fully saturated rings. The van der Waals surface area contributed by atoms with E-state index in [2.05, 4.69) is 23.4 Å². The van der Waals surface area contributed by atoms with Gasteiger partial charge in [0.2, 0.25) is 0 Å². The monoisotopic (exact) mass is 259 g/mol. The molecule has 2 heterocycles. The molecule has 4 heteroatoms. The fraction of sp³-hybridized carbons (Fsp3) is 0.400. The molecule has 0 saturated heterocycles. The second-order valence-electron chi connectivity index (χ2n) is 5.54. The number of aromatic nitrogens is 2. The van der Waals surface area contributed by atoms with Gasteiger partial charge in [-0.25, -0.2) is 9.37 Å². The lowest BCUT2D eigenvalue weighted by Gasteiger charge is -2.27. The highest BCUT2D eigenvalue weighted by Gasteiger charge is 2.26. The molecule has 2 atom stereocenters.